The number of hydrogen-bond donors (Lipinski definition) is 0. The molecule has 1 nitrogen and oxygen atoms in total. The number of ether oxygens (including phenoxy) is 1. The molecule has 1 rings (SSSR count). The van der Waals surface area contributed by atoms with Gasteiger partial charge in [-0.05, 0) is 18.4 Å². The molecule has 2 heteroatoms. The van der Waals surface area contributed by atoms with Crippen molar-refractivity contribution < 1.29 is 9.13 Å². The monoisotopic (exact) mass is 194 g/mol. The van der Waals surface area contributed by atoms with Crippen molar-refractivity contribution in [1.29, 1.82) is 0 Å². The Kier molecular flexibility index (Phi) is 4.76. The van der Waals surface area contributed by atoms with Gasteiger partial charge in [-0.1, -0.05) is 36.9 Å². The van der Waals surface area contributed by atoms with E-state index < -0.39 is 6.17 Å². The molecular weight excluding hydrogens is 179 g/mol. The third-order valence-corrected chi connectivity index (χ3v) is 2.00. The zero-order valence-electron chi connectivity index (χ0n) is 8.16. The lowest BCUT2D eigenvalue weighted by Crippen LogP contribution is -1.94. The van der Waals surface area contributed by atoms with E-state index in [-0.39, 0.29) is 0 Å². The number of benzene rings is 1. The van der Waals surface area contributed by atoms with E-state index in [0.29, 0.717) is 19.4 Å². The average molecular weight is 194 g/mol. The summed E-state index contributed by atoms with van der Waals surface area (Å²) in [6.45, 7) is 3.96. The Balaban J connectivity index is 2.28. The molecule has 1 aromatic carbocycles. The van der Waals surface area contributed by atoms with Gasteiger partial charge in [0.1, 0.15) is 6.17 Å². The summed E-state index contributed by atoms with van der Waals surface area (Å²) in [5.74, 6) is 0. The van der Waals surface area contributed by atoms with Crippen molar-refractivity contribution in [2.45, 2.75) is 19.0 Å². The van der Waals surface area contributed by atoms with Crippen molar-refractivity contribution in [2.24, 2.45) is 0 Å². The first-order chi connectivity index (χ1) is 6.84. The number of hydrogen-bond acceptors (Lipinski definition) is 1. The van der Waals surface area contributed by atoms with Gasteiger partial charge in [0.25, 0.3) is 0 Å². The molecular formula is C12H15FO. The topological polar surface area (TPSA) is 9.23 Å². The molecule has 0 amide bonds. The van der Waals surface area contributed by atoms with Gasteiger partial charge in [0.2, 0.25) is 0 Å². The first-order valence-corrected chi connectivity index (χ1v) is 4.76. The van der Waals surface area contributed by atoms with E-state index in [2.05, 4.69) is 6.58 Å². The SMILES string of the molecule is C=COCCCC(F)c1ccccc1. The molecule has 0 aliphatic rings. The molecule has 76 valence electrons. The highest BCUT2D eigenvalue weighted by Gasteiger charge is 2.07. The minimum atomic E-state index is -0.885. The van der Waals surface area contributed by atoms with Crippen LogP contribution in [0.25, 0.3) is 0 Å². The molecule has 14 heavy (non-hydrogen) atoms. The van der Waals surface area contributed by atoms with Crippen molar-refractivity contribution in [1.82, 2.24) is 0 Å². The minimum absolute atomic E-state index is 0.498. The molecule has 0 N–H and O–H groups in total. The van der Waals surface area contributed by atoms with Crippen LogP contribution in [-0.2, 0) is 4.74 Å². The second-order valence-electron chi connectivity index (χ2n) is 3.06. The molecule has 0 heterocycles. The molecule has 1 aromatic rings. The Morgan fingerprint density at radius 2 is 2.07 bits per heavy atom. The summed E-state index contributed by atoms with van der Waals surface area (Å²) in [5, 5.41) is 0. The summed E-state index contributed by atoms with van der Waals surface area (Å²) in [6.07, 6.45) is 1.71. The van der Waals surface area contributed by atoms with Crippen LogP contribution in [0.15, 0.2) is 43.2 Å². The third-order valence-electron chi connectivity index (χ3n) is 2.00. The Morgan fingerprint density at radius 3 is 2.71 bits per heavy atom. The molecule has 0 saturated heterocycles. The molecule has 0 saturated carbocycles. The molecule has 0 fully saturated rings. The first kappa shape index (κ1) is 10.8. The van der Waals surface area contributed by atoms with Gasteiger partial charge in [0.05, 0.1) is 12.9 Å². The largest absolute Gasteiger partial charge is 0.502 e. The van der Waals surface area contributed by atoms with Crippen LogP contribution in [0.4, 0.5) is 4.39 Å². The second-order valence-corrected chi connectivity index (χ2v) is 3.06. The fourth-order valence-electron chi connectivity index (χ4n) is 1.26. The lowest BCUT2D eigenvalue weighted by molar-refractivity contribution is 0.220. The van der Waals surface area contributed by atoms with Gasteiger partial charge >= 0.3 is 0 Å². The molecule has 0 aliphatic heterocycles. The van der Waals surface area contributed by atoms with Crippen molar-refractivity contribution in [3.63, 3.8) is 0 Å². The summed E-state index contributed by atoms with van der Waals surface area (Å²) in [4.78, 5) is 0. The van der Waals surface area contributed by atoms with Gasteiger partial charge in [0.15, 0.2) is 0 Å². The summed E-state index contributed by atoms with van der Waals surface area (Å²) in [6, 6.07) is 9.19. The fraction of sp³-hybridized carbons (Fsp3) is 0.333. The highest BCUT2D eigenvalue weighted by Crippen LogP contribution is 2.21. The van der Waals surface area contributed by atoms with Gasteiger partial charge in [-0.3, -0.25) is 0 Å². The predicted octanol–water partition coefficient (Wildman–Crippen LogP) is 3.64. The minimum Gasteiger partial charge on any atom is -0.502 e. The molecule has 1 unspecified atom stereocenters. The van der Waals surface area contributed by atoms with Crippen LogP contribution in [0.1, 0.15) is 24.6 Å². The standard InChI is InChI=1S/C12H15FO/c1-2-14-10-6-9-12(13)11-7-4-3-5-8-11/h2-5,7-8,12H,1,6,9-10H2. The van der Waals surface area contributed by atoms with Gasteiger partial charge < -0.3 is 4.74 Å². The first-order valence-electron chi connectivity index (χ1n) is 4.76. The summed E-state index contributed by atoms with van der Waals surface area (Å²) >= 11 is 0. The predicted molar refractivity (Wildman–Crippen MR) is 55.7 cm³/mol. The molecule has 0 aromatic heterocycles. The van der Waals surface area contributed by atoms with Crippen LogP contribution < -0.4 is 0 Å². The van der Waals surface area contributed by atoms with Crippen molar-refractivity contribution in [3.05, 3.63) is 48.7 Å². The average Bonchev–Trinajstić information content (AvgIpc) is 2.25. The van der Waals surface area contributed by atoms with Crippen molar-refractivity contribution in [3.8, 4) is 0 Å². The molecule has 0 aliphatic carbocycles. The zero-order chi connectivity index (χ0) is 10.2. The van der Waals surface area contributed by atoms with E-state index in [1.807, 2.05) is 18.2 Å². The maximum atomic E-state index is 13.5. The Hall–Kier alpha value is -1.31. The molecule has 1 atom stereocenters. The van der Waals surface area contributed by atoms with E-state index in [1.165, 1.54) is 6.26 Å². The van der Waals surface area contributed by atoms with E-state index >= 15 is 0 Å². The molecule has 0 bridgehead atoms. The Labute approximate surface area is 84.2 Å². The van der Waals surface area contributed by atoms with Gasteiger partial charge in [-0.2, -0.15) is 0 Å². The van der Waals surface area contributed by atoms with E-state index in [9.17, 15) is 4.39 Å². The smallest absolute Gasteiger partial charge is 0.125 e. The maximum Gasteiger partial charge on any atom is 0.125 e. The Morgan fingerprint density at radius 1 is 1.36 bits per heavy atom. The number of alkyl halides is 1. The Bertz CT molecular complexity index is 258. The highest BCUT2D eigenvalue weighted by molar-refractivity contribution is 5.17. The van der Waals surface area contributed by atoms with Gasteiger partial charge in [0, 0.05) is 0 Å². The number of halogens is 1. The van der Waals surface area contributed by atoms with Crippen LogP contribution in [0.5, 0.6) is 0 Å². The van der Waals surface area contributed by atoms with E-state index in [1.54, 1.807) is 12.1 Å². The second kappa shape index (κ2) is 6.19. The van der Waals surface area contributed by atoms with Crippen LogP contribution in [0, 0.1) is 0 Å². The van der Waals surface area contributed by atoms with Crippen molar-refractivity contribution in [2.75, 3.05) is 6.61 Å². The highest BCUT2D eigenvalue weighted by atomic mass is 19.1. The molecule has 0 spiro atoms. The molecule has 0 radical (unpaired) electrons. The third kappa shape index (κ3) is 3.60. The number of rotatable bonds is 6. The van der Waals surface area contributed by atoms with Crippen LogP contribution >= 0.6 is 0 Å². The maximum absolute atomic E-state index is 13.5. The summed E-state index contributed by atoms with van der Waals surface area (Å²) < 4.78 is 18.4. The van der Waals surface area contributed by atoms with Gasteiger partial charge in [-0.15, -0.1) is 0 Å². The van der Waals surface area contributed by atoms with E-state index in [4.69, 9.17) is 4.74 Å². The van der Waals surface area contributed by atoms with E-state index in [0.717, 1.165) is 5.56 Å². The normalized spacial score (nSPS) is 12.1. The van der Waals surface area contributed by atoms with Crippen LogP contribution in [0.3, 0.4) is 0 Å². The van der Waals surface area contributed by atoms with Crippen LogP contribution in [0.2, 0.25) is 0 Å². The summed E-state index contributed by atoms with van der Waals surface area (Å²) in [5.41, 5.74) is 0.742. The zero-order valence-corrected chi connectivity index (χ0v) is 8.16. The van der Waals surface area contributed by atoms with Crippen molar-refractivity contribution >= 4 is 0 Å². The van der Waals surface area contributed by atoms with Gasteiger partial charge in [-0.25, -0.2) is 4.39 Å². The quantitative estimate of drug-likeness (QED) is 0.496. The summed E-state index contributed by atoms with van der Waals surface area (Å²) in [7, 11) is 0. The lowest BCUT2D eigenvalue weighted by Gasteiger charge is -2.07. The van der Waals surface area contributed by atoms with Crippen LogP contribution in [-0.4, -0.2) is 6.61 Å². The lowest BCUT2D eigenvalue weighted by atomic mass is 10.1. The fourth-order valence-corrected chi connectivity index (χ4v) is 1.26.